The van der Waals surface area contributed by atoms with E-state index in [1.165, 1.54) is 46.2 Å². The molecular weight excluding hydrogens is 425 g/mol. The number of thioether (sulfide) groups is 1. The van der Waals surface area contributed by atoms with Gasteiger partial charge in [-0.3, -0.25) is 10.1 Å². The number of carbonyl (C=O) groups excluding carboxylic acids is 1. The summed E-state index contributed by atoms with van der Waals surface area (Å²) in [5.74, 6) is 0.0825. The van der Waals surface area contributed by atoms with Crippen LogP contribution in [-0.2, 0) is 17.0 Å². The monoisotopic (exact) mass is 441 g/mol. The molecule has 1 atom stereocenters. The summed E-state index contributed by atoms with van der Waals surface area (Å²) in [4.78, 5) is 12.9. The van der Waals surface area contributed by atoms with Crippen LogP contribution in [0, 0.1) is 5.82 Å². The molecule has 152 valence electrons. The summed E-state index contributed by atoms with van der Waals surface area (Å²) >= 11 is 2.75. The van der Waals surface area contributed by atoms with E-state index < -0.39 is 6.04 Å². The second-order valence-corrected chi connectivity index (χ2v) is 8.47. The third-order valence-electron chi connectivity index (χ3n) is 4.17. The second-order valence-electron chi connectivity index (χ2n) is 6.27. The van der Waals surface area contributed by atoms with Crippen LogP contribution in [0.1, 0.15) is 17.2 Å². The highest BCUT2D eigenvalue weighted by molar-refractivity contribution is 8.00. The summed E-state index contributed by atoms with van der Waals surface area (Å²) in [5.41, 5.74) is 1.96. The molecule has 11 heteroatoms. The Balaban J connectivity index is 1.40. The van der Waals surface area contributed by atoms with Crippen molar-refractivity contribution in [2.75, 3.05) is 5.32 Å². The second kappa shape index (κ2) is 9.55. The van der Waals surface area contributed by atoms with E-state index in [0.717, 1.165) is 11.1 Å². The average Bonchev–Trinajstić information content (AvgIpc) is 3.45. The fourth-order valence-corrected chi connectivity index (χ4v) is 4.40. The van der Waals surface area contributed by atoms with Crippen LogP contribution >= 0.6 is 23.1 Å². The summed E-state index contributed by atoms with van der Waals surface area (Å²) in [7, 11) is 0. The zero-order valence-corrected chi connectivity index (χ0v) is 17.2. The van der Waals surface area contributed by atoms with Crippen molar-refractivity contribution in [3.63, 3.8) is 0 Å². The first-order chi connectivity index (χ1) is 14.7. The van der Waals surface area contributed by atoms with Crippen LogP contribution in [0.25, 0.3) is 0 Å². The molecule has 0 fully saturated rings. The number of hydrogen-bond donors (Lipinski definition) is 1. The van der Waals surface area contributed by atoms with Gasteiger partial charge in [-0.2, -0.15) is 0 Å². The molecule has 4 rings (SSSR count). The predicted octanol–water partition coefficient (Wildman–Crippen LogP) is 3.38. The fourth-order valence-electron chi connectivity index (χ4n) is 2.69. The van der Waals surface area contributed by atoms with Crippen molar-refractivity contribution in [1.29, 1.82) is 0 Å². The number of aromatic nitrogens is 6. The Morgan fingerprint density at radius 3 is 2.63 bits per heavy atom. The quantitative estimate of drug-likeness (QED) is 0.331. The average molecular weight is 442 g/mol. The minimum Gasteiger partial charge on any atom is -0.299 e. The number of rotatable bonds is 8. The molecule has 1 amide bonds. The lowest BCUT2D eigenvalue weighted by molar-refractivity contribution is -0.119. The molecule has 0 aliphatic rings. The molecule has 4 aromatic rings. The number of benzene rings is 2. The van der Waals surface area contributed by atoms with Gasteiger partial charge in [0.1, 0.15) is 18.2 Å². The van der Waals surface area contributed by atoms with Crippen LogP contribution in [0.4, 0.5) is 9.52 Å². The van der Waals surface area contributed by atoms with Crippen LogP contribution in [0.3, 0.4) is 0 Å². The topological polar surface area (TPSA) is 98.5 Å². The number of amides is 1. The van der Waals surface area contributed by atoms with Gasteiger partial charge in [0.25, 0.3) is 5.91 Å². The number of nitrogens with zero attached hydrogens (tertiary/aromatic N) is 6. The van der Waals surface area contributed by atoms with Crippen LogP contribution in [0.5, 0.6) is 0 Å². The smallest absolute Gasteiger partial charge is 0.251 e. The first kappa shape index (κ1) is 20.1. The molecule has 8 nitrogen and oxygen atoms in total. The highest BCUT2D eigenvalue weighted by atomic mass is 32.2. The molecule has 1 N–H and O–H groups in total. The molecular formula is C19H16FN7OS2. The molecule has 2 heterocycles. The van der Waals surface area contributed by atoms with Crippen LogP contribution in [0.2, 0.25) is 0 Å². The Kier molecular flexibility index (Phi) is 6.40. The van der Waals surface area contributed by atoms with E-state index in [9.17, 15) is 9.18 Å². The third-order valence-corrected chi connectivity index (χ3v) is 6.21. The van der Waals surface area contributed by atoms with Gasteiger partial charge in [-0.05, 0) is 33.7 Å². The van der Waals surface area contributed by atoms with Gasteiger partial charge in [0, 0.05) is 12.2 Å². The Morgan fingerprint density at radius 2 is 1.90 bits per heavy atom. The Labute approximate surface area is 179 Å². The maximum absolute atomic E-state index is 13.0. The van der Waals surface area contributed by atoms with Crippen molar-refractivity contribution in [3.8, 4) is 0 Å². The van der Waals surface area contributed by atoms with Crippen molar-refractivity contribution >= 4 is 34.1 Å². The van der Waals surface area contributed by atoms with E-state index >= 15 is 0 Å². The minimum absolute atomic E-state index is 0.266. The Morgan fingerprint density at radius 1 is 1.10 bits per heavy atom. The lowest BCUT2D eigenvalue weighted by atomic mass is 10.1. The summed E-state index contributed by atoms with van der Waals surface area (Å²) in [6.45, 7) is 0. The van der Waals surface area contributed by atoms with Gasteiger partial charge in [0.2, 0.25) is 5.13 Å². The SMILES string of the molecule is O=C(Nc1nnc(SCc2ccc(F)cc2)s1)[C@H](Cc1ccccc1)n1cnnn1. The lowest BCUT2D eigenvalue weighted by Crippen LogP contribution is -2.28. The van der Waals surface area contributed by atoms with E-state index in [1.807, 2.05) is 30.3 Å². The fraction of sp³-hybridized carbons (Fsp3) is 0.158. The van der Waals surface area contributed by atoms with Crippen LogP contribution in [-0.4, -0.2) is 36.3 Å². The van der Waals surface area contributed by atoms with Crippen molar-refractivity contribution < 1.29 is 9.18 Å². The lowest BCUT2D eigenvalue weighted by Gasteiger charge is -2.15. The van der Waals surface area contributed by atoms with Gasteiger partial charge < -0.3 is 0 Å². The molecule has 0 aliphatic carbocycles. The standard InChI is InChI=1S/C19H16FN7OS2/c20-15-8-6-14(7-9-15)11-29-19-24-23-18(30-19)22-17(28)16(27-12-21-25-26-27)10-13-4-2-1-3-5-13/h1-9,12,16H,10-11H2,(H,22,23,28)/t16-/m0/s1. The first-order valence-corrected chi connectivity index (χ1v) is 10.8. The van der Waals surface area contributed by atoms with Gasteiger partial charge in [0.15, 0.2) is 4.34 Å². The number of carbonyl (C=O) groups is 1. The molecule has 0 spiro atoms. The highest BCUT2D eigenvalue weighted by Crippen LogP contribution is 2.29. The molecule has 0 bridgehead atoms. The van der Waals surface area contributed by atoms with E-state index in [-0.39, 0.29) is 11.7 Å². The molecule has 0 unspecified atom stereocenters. The van der Waals surface area contributed by atoms with Crippen molar-refractivity contribution in [2.24, 2.45) is 0 Å². The maximum atomic E-state index is 13.0. The van der Waals surface area contributed by atoms with Crippen LogP contribution in [0.15, 0.2) is 65.3 Å². The van der Waals surface area contributed by atoms with Gasteiger partial charge in [0.05, 0.1) is 0 Å². The van der Waals surface area contributed by atoms with E-state index in [0.29, 0.717) is 21.6 Å². The van der Waals surface area contributed by atoms with E-state index in [1.54, 1.807) is 12.1 Å². The predicted molar refractivity (Wildman–Crippen MR) is 111 cm³/mol. The summed E-state index contributed by atoms with van der Waals surface area (Å²) < 4.78 is 15.1. The molecule has 2 aromatic carbocycles. The van der Waals surface area contributed by atoms with Gasteiger partial charge in [-0.15, -0.1) is 15.3 Å². The van der Waals surface area contributed by atoms with Crippen molar-refractivity contribution in [1.82, 2.24) is 30.4 Å². The third kappa shape index (κ3) is 5.24. The van der Waals surface area contributed by atoms with Crippen LogP contribution < -0.4 is 5.32 Å². The number of tetrazole rings is 1. The largest absolute Gasteiger partial charge is 0.299 e. The number of halogens is 1. The minimum atomic E-state index is -0.624. The number of anilines is 1. The molecule has 30 heavy (non-hydrogen) atoms. The highest BCUT2D eigenvalue weighted by Gasteiger charge is 2.23. The normalized spacial score (nSPS) is 11.9. The van der Waals surface area contributed by atoms with Crippen molar-refractivity contribution in [2.45, 2.75) is 22.6 Å². The molecule has 0 saturated carbocycles. The molecule has 0 aliphatic heterocycles. The Bertz CT molecular complexity index is 1090. The van der Waals surface area contributed by atoms with E-state index in [4.69, 9.17) is 0 Å². The number of nitrogens with one attached hydrogen (secondary N) is 1. The zero-order valence-electron chi connectivity index (χ0n) is 15.6. The zero-order chi connectivity index (χ0) is 20.8. The summed E-state index contributed by atoms with van der Waals surface area (Å²) in [6, 6.07) is 15.3. The van der Waals surface area contributed by atoms with Gasteiger partial charge in [-0.25, -0.2) is 9.07 Å². The molecule has 2 aromatic heterocycles. The maximum Gasteiger partial charge on any atom is 0.251 e. The van der Waals surface area contributed by atoms with E-state index in [2.05, 4.69) is 31.0 Å². The Hall–Kier alpha value is -3.18. The van der Waals surface area contributed by atoms with Gasteiger partial charge in [-0.1, -0.05) is 65.6 Å². The molecule has 0 saturated heterocycles. The summed E-state index contributed by atoms with van der Waals surface area (Å²) in [6.07, 6.45) is 1.85. The first-order valence-electron chi connectivity index (χ1n) is 8.95. The van der Waals surface area contributed by atoms with Gasteiger partial charge >= 0.3 is 0 Å². The van der Waals surface area contributed by atoms with Crippen molar-refractivity contribution in [3.05, 3.63) is 77.9 Å². The summed E-state index contributed by atoms with van der Waals surface area (Å²) in [5, 5.41) is 22.5. The molecule has 0 radical (unpaired) electrons. The number of hydrogen-bond acceptors (Lipinski definition) is 8.